The Morgan fingerprint density at radius 3 is 2.76 bits per heavy atom. The molecule has 0 spiro atoms. The molecule has 0 saturated heterocycles. The SMILES string of the molecule is CCC1C(C(C)C)CC=C2C[C@@H](F)CC[C@@]21C. The average molecular weight is 238 g/mol. The Kier molecular flexibility index (Phi) is 3.66. The molecule has 0 aliphatic heterocycles. The van der Waals surface area contributed by atoms with E-state index in [0.717, 1.165) is 30.6 Å². The number of allylic oxidation sites excluding steroid dienone is 2. The van der Waals surface area contributed by atoms with Crippen LogP contribution in [0.25, 0.3) is 0 Å². The molecule has 2 rings (SSSR count). The third kappa shape index (κ3) is 2.18. The second kappa shape index (κ2) is 4.74. The van der Waals surface area contributed by atoms with Crippen molar-refractivity contribution in [1.29, 1.82) is 0 Å². The molecule has 1 saturated carbocycles. The number of hydrogen-bond acceptors (Lipinski definition) is 0. The molecule has 2 unspecified atom stereocenters. The molecule has 0 N–H and O–H groups in total. The summed E-state index contributed by atoms with van der Waals surface area (Å²) < 4.78 is 13.6. The van der Waals surface area contributed by atoms with Gasteiger partial charge in [-0.25, -0.2) is 4.39 Å². The Hall–Kier alpha value is -0.330. The van der Waals surface area contributed by atoms with Crippen LogP contribution in [-0.2, 0) is 0 Å². The van der Waals surface area contributed by atoms with Gasteiger partial charge in [-0.1, -0.05) is 45.8 Å². The van der Waals surface area contributed by atoms with E-state index in [2.05, 4.69) is 33.8 Å². The third-order valence-electron chi connectivity index (χ3n) is 5.42. The fraction of sp³-hybridized carbons (Fsp3) is 0.875. The van der Waals surface area contributed by atoms with Crippen molar-refractivity contribution in [1.82, 2.24) is 0 Å². The molecule has 0 heterocycles. The third-order valence-corrected chi connectivity index (χ3v) is 5.42. The minimum Gasteiger partial charge on any atom is -0.247 e. The zero-order valence-electron chi connectivity index (χ0n) is 11.8. The van der Waals surface area contributed by atoms with Crippen LogP contribution in [-0.4, -0.2) is 6.17 Å². The van der Waals surface area contributed by atoms with Crippen molar-refractivity contribution in [2.45, 2.75) is 66.0 Å². The molecule has 2 aliphatic rings. The van der Waals surface area contributed by atoms with E-state index in [1.54, 1.807) is 0 Å². The van der Waals surface area contributed by atoms with Crippen molar-refractivity contribution in [3.63, 3.8) is 0 Å². The quantitative estimate of drug-likeness (QED) is 0.584. The summed E-state index contributed by atoms with van der Waals surface area (Å²) in [6, 6.07) is 0. The summed E-state index contributed by atoms with van der Waals surface area (Å²) in [5.74, 6) is 2.30. The van der Waals surface area contributed by atoms with Gasteiger partial charge < -0.3 is 0 Å². The van der Waals surface area contributed by atoms with E-state index < -0.39 is 6.17 Å². The van der Waals surface area contributed by atoms with Crippen LogP contribution in [0.4, 0.5) is 4.39 Å². The van der Waals surface area contributed by atoms with E-state index in [1.807, 2.05) is 0 Å². The largest absolute Gasteiger partial charge is 0.247 e. The summed E-state index contributed by atoms with van der Waals surface area (Å²) in [4.78, 5) is 0. The van der Waals surface area contributed by atoms with Crippen LogP contribution < -0.4 is 0 Å². The number of fused-ring (bicyclic) bond motifs is 1. The van der Waals surface area contributed by atoms with Crippen LogP contribution in [0.3, 0.4) is 0 Å². The van der Waals surface area contributed by atoms with Gasteiger partial charge in [-0.2, -0.15) is 0 Å². The topological polar surface area (TPSA) is 0 Å². The summed E-state index contributed by atoms with van der Waals surface area (Å²) in [5, 5.41) is 0. The summed E-state index contributed by atoms with van der Waals surface area (Å²) in [6.07, 6.45) is 6.75. The van der Waals surface area contributed by atoms with Gasteiger partial charge in [0.15, 0.2) is 0 Å². The first-order valence-corrected chi connectivity index (χ1v) is 7.32. The van der Waals surface area contributed by atoms with Crippen LogP contribution >= 0.6 is 0 Å². The zero-order chi connectivity index (χ0) is 12.6. The lowest BCUT2D eigenvalue weighted by Crippen LogP contribution is -2.42. The molecule has 0 aromatic carbocycles. The Bertz CT molecular complexity index is 305. The summed E-state index contributed by atoms with van der Waals surface area (Å²) in [7, 11) is 0. The minimum atomic E-state index is -0.581. The minimum absolute atomic E-state index is 0.296. The average Bonchev–Trinajstić information content (AvgIpc) is 2.28. The molecular formula is C16H27F. The fourth-order valence-corrected chi connectivity index (χ4v) is 4.34. The van der Waals surface area contributed by atoms with Crippen LogP contribution in [0.2, 0.25) is 0 Å². The molecule has 4 atom stereocenters. The van der Waals surface area contributed by atoms with Crippen molar-refractivity contribution in [2.75, 3.05) is 0 Å². The van der Waals surface area contributed by atoms with Crippen molar-refractivity contribution >= 4 is 0 Å². The monoisotopic (exact) mass is 238 g/mol. The standard InChI is InChI=1S/C16H27F/c1-5-15-14(11(2)3)7-6-12-10-13(17)8-9-16(12,15)4/h6,11,13-15H,5,7-10H2,1-4H3/t13-,14?,15?,16-/m0/s1. The van der Waals surface area contributed by atoms with Crippen molar-refractivity contribution in [2.24, 2.45) is 23.2 Å². The summed E-state index contributed by atoms with van der Waals surface area (Å²) in [5.41, 5.74) is 1.73. The highest BCUT2D eigenvalue weighted by atomic mass is 19.1. The summed E-state index contributed by atoms with van der Waals surface area (Å²) >= 11 is 0. The predicted octanol–water partition coefficient (Wildman–Crippen LogP) is 5.14. The van der Waals surface area contributed by atoms with Crippen LogP contribution in [0.1, 0.15) is 59.8 Å². The summed E-state index contributed by atoms with van der Waals surface area (Å²) in [6.45, 7) is 9.40. The van der Waals surface area contributed by atoms with E-state index in [4.69, 9.17) is 0 Å². The molecule has 0 amide bonds. The smallest absolute Gasteiger partial charge is 0.104 e. The molecule has 1 fully saturated rings. The van der Waals surface area contributed by atoms with Crippen LogP contribution in [0.15, 0.2) is 11.6 Å². The van der Waals surface area contributed by atoms with Crippen molar-refractivity contribution < 1.29 is 4.39 Å². The van der Waals surface area contributed by atoms with Crippen LogP contribution in [0.5, 0.6) is 0 Å². The van der Waals surface area contributed by atoms with Gasteiger partial charge in [0.25, 0.3) is 0 Å². The zero-order valence-corrected chi connectivity index (χ0v) is 11.8. The second-order valence-corrected chi connectivity index (χ2v) is 6.65. The Morgan fingerprint density at radius 2 is 2.18 bits per heavy atom. The lowest BCUT2D eigenvalue weighted by atomic mass is 9.54. The molecule has 0 bridgehead atoms. The Balaban J connectivity index is 2.30. The Morgan fingerprint density at radius 1 is 1.47 bits per heavy atom. The number of rotatable bonds is 2. The van der Waals surface area contributed by atoms with Gasteiger partial charge in [-0.3, -0.25) is 0 Å². The first-order chi connectivity index (χ1) is 7.99. The van der Waals surface area contributed by atoms with Crippen LogP contribution in [0, 0.1) is 23.2 Å². The van der Waals surface area contributed by atoms with Gasteiger partial charge in [-0.05, 0) is 42.4 Å². The molecule has 0 radical (unpaired) electrons. The number of halogens is 1. The fourth-order valence-electron chi connectivity index (χ4n) is 4.34. The van der Waals surface area contributed by atoms with Gasteiger partial charge in [0.05, 0.1) is 0 Å². The Labute approximate surface area is 106 Å². The molecule has 0 aromatic rings. The molecular weight excluding hydrogens is 211 g/mol. The van der Waals surface area contributed by atoms with E-state index in [1.165, 1.54) is 18.4 Å². The van der Waals surface area contributed by atoms with Gasteiger partial charge in [0.1, 0.15) is 6.17 Å². The highest BCUT2D eigenvalue weighted by molar-refractivity contribution is 5.23. The van der Waals surface area contributed by atoms with E-state index in [0.29, 0.717) is 11.8 Å². The van der Waals surface area contributed by atoms with Gasteiger partial charge in [0, 0.05) is 6.42 Å². The lowest BCUT2D eigenvalue weighted by molar-refractivity contribution is 0.0596. The molecule has 0 nitrogen and oxygen atoms in total. The first-order valence-electron chi connectivity index (χ1n) is 7.32. The maximum absolute atomic E-state index is 13.6. The first kappa shape index (κ1) is 13.1. The van der Waals surface area contributed by atoms with Crippen molar-refractivity contribution in [3.05, 3.63) is 11.6 Å². The maximum atomic E-state index is 13.6. The normalized spacial score (nSPS) is 42.2. The second-order valence-electron chi connectivity index (χ2n) is 6.65. The van der Waals surface area contributed by atoms with E-state index in [-0.39, 0.29) is 0 Å². The lowest BCUT2D eigenvalue weighted by Gasteiger charge is -2.51. The molecule has 1 heteroatoms. The van der Waals surface area contributed by atoms with Crippen molar-refractivity contribution in [3.8, 4) is 0 Å². The highest BCUT2D eigenvalue weighted by Crippen LogP contribution is 2.55. The molecule has 98 valence electrons. The highest BCUT2D eigenvalue weighted by Gasteiger charge is 2.46. The van der Waals surface area contributed by atoms with Gasteiger partial charge >= 0.3 is 0 Å². The number of alkyl halides is 1. The van der Waals surface area contributed by atoms with E-state index >= 15 is 0 Å². The van der Waals surface area contributed by atoms with E-state index in [9.17, 15) is 4.39 Å². The molecule has 2 aliphatic carbocycles. The van der Waals surface area contributed by atoms with Gasteiger partial charge in [-0.15, -0.1) is 0 Å². The number of hydrogen-bond donors (Lipinski definition) is 0. The van der Waals surface area contributed by atoms with Gasteiger partial charge in [0.2, 0.25) is 0 Å². The predicted molar refractivity (Wildman–Crippen MR) is 71.7 cm³/mol. The maximum Gasteiger partial charge on any atom is 0.104 e. The molecule has 17 heavy (non-hydrogen) atoms. The molecule has 0 aromatic heterocycles.